The molecular weight excluding hydrogens is 456 g/mol. The first-order chi connectivity index (χ1) is 15.7. The number of likely N-dealkylation sites (N-methyl/N-ethyl adjacent to an activating group) is 1. The van der Waals surface area contributed by atoms with E-state index in [0.717, 1.165) is 17.0 Å². The maximum Gasteiger partial charge on any atom is 1.00 e. The number of methoxy groups -OCH3 is 1. The Morgan fingerprint density at radius 3 is 2.62 bits per heavy atom. The molecular formula is C23H23FN3NaO6. The van der Waals surface area contributed by atoms with Gasteiger partial charge < -0.3 is 26.8 Å². The van der Waals surface area contributed by atoms with Crippen LogP contribution >= 0.6 is 0 Å². The molecule has 0 spiro atoms. The maximum atomic E-state index is 14.4. The van der Waals surface area contributed by atoms with Gasteiger partial charge in [0.2, 0.25) is 0 Å². The number of aliphatic carboxylic acids is 1. The molecule has 0 aliphatic carbocycles. The second-order valence-corrected chi connectivity index (χ2v) is 7.37. The second-order valence-electron chi connectivity index (χ2n) is 7.37. The Morgan fingerprint density at radius 2 is 1.94 bits per heavy atom. The van der Waals surface area contributed by atoms with E-state index in [1.165, 1.54) is 26.4 Å². The van der Waals surface area contributed by atoms with E-state index in [1.54, 1.807) is 30.3 Å². The number of carbonyl (C=O) groups is 4. The molecule has 3 N–H and O–H groups in total. The molecule has 2 atom stereocenters. The predicted octanol–water partition coefficient (Wildman–Crippen LogP) is -0.644. The predicted molar refractivity (Wildman–Crippen MR) is 117 cm³/mol. The number of ketones is 1. The summed E-state index contributed by atoms with van der Waals surface area (Å²) in [5.74, 6) is -2.57. The van der Waals surface area contributed by atoms with Crippen LogP contribution in [0.4, 0.5) is 9.18 Å². The fourth-order valence-electron chi connectivity index (χ4n) is 3.35. The monoisotopic (exact) mass is 479 g/mol. The van der Waals surface area contributed by atoms with Gasteiger partial charge in [-0.1, -0.05) is 12.1 Å². The summed E-state index contributed by atoms with van der Waals surface area (Å²) < 4.78 is 19.6. The molecule has 0 saturated carbocycles. The number of nitrogens with one attached hydrogen (secondary N) is 2. The Hall–Kier alpha value is -3.21. The number of rotatable bonds is 7. The molecule has 3 amide bonds. The van der Waals surface area contributed by atoms with Crippen LogP contribution in [0.15, 0.2) is 54.7 Å². The van der Waals surface area contributed by atoms with Crippen LogP contribution in [-0.4, -0.2) is 53.9 Å². The van der Waals surface area contributed by atoms with E-state index in [-0.39, 0.29) is 36.5 Å². The first-order valence-corrected chi connectivity index (χ1v) is 9.90. The van der Waals surface area contributed by atoms with Crippen molar-refractivity contribution in [3.05, 3.63) is 66.1 Å². The van der Waals surface area contributed by atoms with Gasteiger partial charge >= 0.3 is 41.6 Å². The van der Waals surface area contributed by atoms with E-state index < -0.39 is 48.0 Å². The van der Waals surface area contributed by atoms with E-state index in [2.05, 4.69) is 10.6 Å². The van der Waals surface area contributed by atoms with Crippen molar-refractivity contribution in [3.8, 4) is 16.9 Å². The molecule has 3 rings (SSSR count). The fourth-order valence-corrected chi connectivity index (χ4v) is 3.35. The maximum absolute atomic E-state index is 14.4. The van der Waals surface area contributed by atoms with E-state index in [4.69, 9.17) is 4.74 Å². The van der Waals surface area contributed by atoms with Gasteiger partial charge in [-0.05, 0) is 47.0 Å². The Labute approximate surface area is 218 Å². The van der Waals surface area contributed by atoms with Crippen LogP contribution in [0.2, 0.25) is 0 Å². The van der Waals surface area contributed by atoms with Crippen molar-refractivity contribution in [1.82, 2.24) is 15.5 Å². The Balaban J connectivity index is 0.00000306. The van der Waals surface area contributed by atoms with E-state index in [1.807, 2.05) is 0 Å². The van der Waals surface area contributed by atoms with Crippen molar-refractivity contribution in [2.75, 3.05) is 14.2 Å². The second kappa shape index (κ2) is 11.8. The van der Waals surface area contributed by atoms with Crippen LogP contribution in [0.1, 0.15) is 19.5 Å². The zero-order chi connectivity index (χ0) is 24.1. The van der Waals surface area contributed by atoms with Gasteiger partial charge in [-0.2, -0.15) is 0 Å². The van der Waals surface area contributed by atoms with Gasteiger partial charge in [0.15, 0.2) is 11.8 Å². The molecule has 1 aliphatic heterocycles. The third-order valence-corrected chi connectivity index (χ3v) is 5.03. The molecule has 9 nitrogen and oxygen atoms in total. The summed E-state index contributed by atoms with van der Waals surface area (Å²) >= 11 is 0. The zero-order valence-electron chi connectivity index (χ0n) is 19.9. The van der Waals surface area contributed by atoms with Crippen LogP contribution in [0, 0.1) is 5.82 Å². The average molecular weight is 479 g/mol. The minimum absolute atomic E-state index is 0. The summed E-state index contributed by atoms with van der Waals surface area (Å²) in [5, 5.41) is 14.0. The SMILES string of the molecule is COc1cccc(-c2cc(F)cc([C@H](CC(=O)O)NC(=O)NC3C(=O)C=CN(C)C3=O)c2)c1.[H-].[Na+]. The fraction of sp³-hybridized carbons (Fsp3) is 0.217. The van der Waals surface area contributed by atoms with Crippen LogP contribution in [-0.2, 0) is 14.4 Å². The third kappa shape index (κ3) is 6.66. The van der Waals surface area contributed by atoms with Gasteiger partial charge in [0.05, 0.1) is 19.6 Å². The first-order valence-electron chi connectivity index (χ1n) is 9.90. The molecule has 0 radical (unpaired) electrons. The molecule has 0 saturated heterocycles. The minimum Gasteiger partial charge on any atom is -1.00 e. The van der Waals surface area contributed by atoms with Crippen LogP contribution in [0.5, 0.6) is 5.75 Å². The number of benzene rings is 2. The van der Waals surface area contributed by atoms with E-state index in [0.29, 0.717) is 16.9 Å². The summed E-state index contributed by atoms with van der Waals surface area (Å²) in [6.07, 6.45) is 1.87. The number of ether oxygens (including phenoxy) is 1. The number of urea groups is 1. The van der Waals surface area contributed by atoms with Gasteiger partial charge in [-0.3, -0.25) is 14.4 Å². The van der Waals surface area contributed by atoms with Crippen molar-refractivity contribution in [2.24, 2.45) is 0 Å². The Kier molecular flexibility index (Phi) is 9.36. The first kappa shape index (κ1) is 27.0. The number of carboxylic acid groups (broad SMARTS) is 1. The van der Waals surface area contributed by atoms with Gasteiger partial charge in [0.1, 0.15) is 11.6 Å². The number of halogens is 1. The molecule has 2 aromatic carbocycles. The quantitative estimate of drug-likeness (QED) is 0.358. The van der Waals surface area contributed by atoms with Gasteiger partial charge in [0.25, 0.3) is 5.91 Å². The molecule has 1 aliphatic rings. The van der Waals surface area contributed by atoms with Crippen molar-refractivity contribution in [1.29, 1.82) is 0 Å². The number of nitrogens with zero attached hydrogens (tertiary/aromatic N) is 1. The molecule has 174 valence electrons. The summed E-state index contributed by atoms with van der Waals surface area (Å²) in [6, 6.07) is 7.31. The summed E-state index contributed by atoms with van der Waals surface area (Å²) in [6.45, 7) is 0. The van der Waals surface area contributed by atoms with Crippen LogP contribution in [0.3, 0.4) is 0 Å². The van der Waals surface area contributed by atoms with E-state index >= 15 is 0 Å². The summed E-state index contributed by atoms with van der Waals surface area (Å²) in [5.41, 5.74) is 1.27. The molecule has 0 fully saturated rings. The molecule has 0 aromatic heterocycles. The van der Waals surface area contributed by atoms with Crippen molar-refractivity contribution >= 4 is 23.7 Å². The van der Waals surface area contributed by atoms with Gasteiger partial charge in [-0.25, -0.2) is 9.18 Å². The molecule has 34 heavy (non-hydrogen) atoms. The topological polar surface area (TPSA) is 125 Å². The number of carboxylic acids is 1. The van der Waals surface area contributed by atoms with Gasteiger partial charge in [-0.15, -0.1) is 0 Å². The summed E-state index contributed by atoms with van der Waals surface area (Å²) in [4.78, 5) is 49.2. The summed E-state index contributed by atoms with van der Waals surface area (Å²) in [7, 11) is 2.93. The number of carbonyl (C=O) groups excluding carboxylic acids is 3. The Bertz CT molecular complexity index is 1150. The standard InChI is InChI=1S/C23H22FN3O6.Na.H/c1-27-7-6-19(28)21(22(27)31)26-23(32)25-18(12-20(29)30)15-8-14(9-16(24)10-15)13-4-3-5-17(11-13)33-2;;/h3-11,18,21H,12H2,1-2H3,(H,29,30)(H2,25,26,32);;/q;+1;-1/t18-,21?;;/m0../s1. The molecule has 11 heteroatoms. The molecule has 0 bridgehead atoms. The van der Waals surface area contributed by atoms with Crippen molar-refractivity contribution < 1.29 is 64.4 Å². The average Bonchev–Trinajstić information content (AvgIpc) is 2.78. The van der Waals surface area contributed by atoms with Gasteiger partial charge in [0, 0.05) is 19.3 Å². The largest absolute Gasteiger partial charge is 1.00 e. The minimum atomic E-state index is -1.44. The molecule has 1 unspecified atom stereocenters. The van der Waals surface area contributed by atoms with Crippen LogP contribution in [0.25, 0.3) is 11.1 Å². The zero-order valence-corrected chi connectivity index (χ0v) is 20.9. The van der Waals surface area contributed by atoms with Crippen LogP contribution < -0.4 is 44.9 Å². The number of amides is 3. The normalized spacial score (nSPS) is 15.9. The molecule has 2 aromatic rings. The van der Waals surface area contributed by atoms with Crippen molar-refractivity contribution in [2.45, 2.75) is 18.5 Å². The number of hydrogen-bond acceptors (Lipinski definition) is 5. The third-order valence-electron chi connectivity index (χ3n) is 5.03. The van der Waals surface area contributed by atoms with E-state index in [9.17, 15) is 28.7 Å². The molecule has 1 heterocycles. The van der Waals surface area contributed by atoms with Crippen molar-refractivity contribution in [3.63, 3.8) is 0 Å². The Morgan fingerprint density at radius 1 is 1.21 bits per heavy atom. The number of hydrogen-bond donors (Lipinski definition) is 3. The smallest absolute Gasteiger partial charge is 1.00 e.